The summed E-state index contributed by atoms with van der Waals surface area (Å²) < 4.78 is 13.0. The molecule has 3 rings (SSSR count). The van der Waals surface area contributed by atoms with Gasteiger partial charge in [0.1, 0.15) is 12.2 Å². The lowest BCUT2D eigenvalue weighted by atomic mass is 10.1. The highest BCUT2D eigenvalue weighted by molar-refractivity contribution is 14.1. The van der Waals surface area contributed by atoms with E-state index in [1.165, 1.54) is 0 Å². The minimum atomic E-state index is -0.422. The molecule has 3 atom stereocenters. The smallest absolute Gasteiger partial charge is 0.185 e. The molecule has 1 heterocycles. The van der Waals surface area contributed by atoms with Gasteiger partial charge in [-0.15, -0.1) is 0 Å². The number of aliphatic hydroxyl groups is 1. The van der Waals surface area contributed by atoms with Gasteiger partial charge in [0, 0.05) is 9.13 Å². The van der Waals surface area contributed by atoms with Crippen LogP contribution in [0, 0.1) is 3.57 Å². The topological polar surface area (TPSA) is 38.7 Å². The molecule has 2 aromatic rings. The van der Waals surface area contributed by atoms with Crippen molar-refractivity contribution < 1.29 is 14.6 Å². The van der Waals surface area contributed by atoms with E-state index in [2.05, 4.69) is 22.6 Å². The fraction of sp³-hybridized carbons (Fsp3) is 0.250. The van der Waals surface area contributed by atoms with Crippen LogP contribution in [0.3, 0.4) is 0 Å². The van der Waals surface area contributed by atoms with Gasteiger partial charge in [-0.05, 0) is 34.2 Å². The van der Waals surface area contributed by atoms with Gasteiger partial charge in [-0.1, -0.05) is 48.5 Å². The molecular weight excluding hydrogens is 367 g/mol. The van der Waals surface area contributed by atoms with Crippen LogP contribution >= 0.6 is 22.6 Å². The summed E-state index contributed by atoms with van der Waals surface area (Å²) in [6.45, 7) is -0.0566. The molecule has 1 N–H and O–H groups in total. The first-order valence-electron chi connectivity index (χ1n) is 6.50. The van der Waals surface area contributed by atoms with Gasteiger partial charge in [0.25, 0.3) is 0 Å². The molecule has 2 aromatic carbocycles. The monoisotopic (exact) mass is 382 g/mol. The summed E-state index contributed by atoms with van der Waals surface area (Å²) >= 11 is 2.28. The molecular formula is C16H15IO3. The molecule has 0 aromatic heterocycles. The average Bonchev–Trinajstić information content (AvgIpc) is 2.93. The maximum atomic E-state index is 9.55. The number of aliphatic hydroxyl groups excluding tert-OH is 1. The third-order valence-corrected chi connectivity index (χ3v) is 4.35. The lowest BCUT2D eigenvalue weighted by molar-refractivity contribution is -0.0740. The Bertz CT molecular complexity index is 573. The second-order valence-electron chi connectivity index (χ2n) is 4.68. The summed E-state index contributed by atoms with van der Waals surface area (Å²) in [4.78, 5) is 0. The molecule has 0 bridgehead atoms. The molecule has 104 valence electrons. The minimum absolute atomic E-state index is 0.0566. The van der Waals surface area contributed by atoms with Crippen molar-refractivity contribution in [3.63, 3.8) is 0 Å². The van der Waals surface area contributed by atoms with Crippen LogP contribution in [-0.2, 0) is 9.47 Å². The van der Waals surface area contributed by atoms with E-state index in [0.717, 1.165) is 14.7 Å². The van der Waals surface area contributed by atoms with Crippen LogP contribution in [0.15, 0.2) is 54.6 Å². The van der Waals surface area contributed by atoms with Crippen molar-refractivity contribution in [1.82, 2.24) is 0 Å². The molecule has 0 saturated carbocycles. The van der Waals surface area contributed by atoms with Gasteiger partial charge in [0.05, 0.1) is 6.61 Å². The van der Waals surface area contributed by atoms with Gasteiger partial charge >= 0.3 is 0 Å². The Morgan fingerprint density at radius 3 is 2.35 bits per heavy atom. The van der Waals surface area contributed by atoms with Gasteiger partial charge in [0.15, 0.2) is 6.29 Å². The molecule has 0 aliphatic carbocycles. The SMILES string of the molecule is OCC1OC(c2ccccc2)O[C@@H]1c1ccccc1I. The second kappa shape index (κ2) is 6.22. The largest absolute Gasteiger partial charge is 0.394 e. The number of benzene rings is 2. The lowest BCUT2D eigenvalue weighted by Crippen LogP contribution is -2.20. The quantitative estimate of drug-likeness (QED) is 0.827. The summed E-state index contributed by atoms with van der Waals surface area (Å²) in [7, 11) is 0. The Balaban J connectivity index is 1.87. The number of halogens is 1. The average molecular weight is 382 g/mol. The molecule has 1 aliphatic heterocycles. The van der Waals surface area contributed by atoms with E-state index in [-0.39, 0.29) is 18.8 Å². The van der Waals surface area contributed by atoms with E-state index in [0.29, 0.717) is 0 Å². The van der Waals surface area contributed by atoms with Gasteiger partial charge < -0.3 is 14.6 Å². The highest BCUT2D eigenvalue weighted by Gasteiger charge is 2.38. The van der Waals surface area contributed by atoms with E-state index in [9.17, 15) is 5.11 Å². The predicted octanol–water partition coefficient (Wildman–Crippen LogP) is 3.44. The third kappa shape index (κ3) is 2.74. The number of ether oxygens (including phenoxy) is 2. The van der Waals surface area contributed by atoms with Crippen LogP contribution in [0.5, 0.6) is 0 Å². The first kappa shape index (κ1) is 14.0. The van der Waals surface area contributed by atoms with Crippen LogP contribution in [0.4, 0.5) is 0 Å². The Labute approximate surface area is 131 Å². The van der Waals surface area contributed by atoms with Crippen molar-refractivity contribution in [3.8, 4) is 0 Å². The van der Waals surface area contributed by atoms with Crippen molar-refractivity contribution in [2.75, 3.05) is 6.61 Å². The van der Waals surface area contributed by atoms with Crippen LogP contribution in [-0.4, -0.2) is 17.8 Å². The zero-order chi connectivity index (χ0) is 13.9. The van der Waals surface area contributed by atoms with Crippen LogP contribution in [0.2, 0.25) is 0 Å². The van der Waals surface area contributed by atoms with Crippen LogP contribution in [0.25, 0.3) is 0 Å². The fourth-order valence-corrected chi connectivity index (χ4v) is 3.06. The first-order chi connectivity index (χ1) is 9.79. The maximum absolute atomic E-state index is 9.55. The molecule has 3 nitrogen and oxygen atoms in total. The summed E-state index contributed by atoms with van der Waals surface area (Å²) in [6.07, 6.45) is -0.996. The van der Waals surface area contributed by atoms with Gasteiger partial charge in [-0.2, -0.15) is 0 Å². The normalized spacial score (nSPS) is 25.8. The zero-order valence-corrected chi connectivity index (χ0v) is 12.9. The highest BCUT2D eigenvalue weighted by atomic mass is 127. The molecule has 0 spiro atoms. The first-order valence-corrected chi connectivity index (χ1v) is 7.58. The Morgan fingerprint density at radius 2 is 1.65 bits per heavy atom. The molecule has 4 heteroatoms. The van der Waals surface area contributed by atoms with Crippen molar-refractivity contribution in [1.29, 1.82) is 0 Å². The molecule has 1 aliphatic rings. The summed E-state index contributed by atoms with van der Waals surface area (Å²) in [5.74, 6) is 0. The number of hydrogen-bond donors (Lipinski definition) is 1. The standard InChI is InChI=1S/C16H15IO3/c17-13-9-5-4-8-12(13)15-14(10-18)19-16(20-15)11-6-2-1-3-7-11/h1-9,14-16,18H,10H2/t14?,15-,16?/m1/s1. The van der Waals surface area contributed by atoms with E-state index in [1.54, 1.807) is 0 Å². The highest BCUT2D eigenvalue weighted by Crippen LogP contribution is 2.40. The van der Waals surface area contributed by atoms with Gasteiger partial charge in [-0.3, -0.25) is 0 Å². The molecule has 1 fully saturated rings. The molecule has 0 radical (unpaired) electrons. The Morgan fingerprint density at radius 1 is 0.950 bits per heavy atom. The maximum Gasteiger partial charge on any atom is 0.185 e. The molecule has 0 amide bonds. The van der Waals surface area contributed by atoms with Gasteiger partial charge in [0.2, 0.25) is 0 Å². The summed E-state index contributed by atoms with van der Waals surface area (Å²) in [6, 6.07) is 17.8. The van der Waals surface area contributed by atoms with Crippen LogP contribution in [0.1, 0.15) is 23.5 Å². The van der Waals surface area contributed by atoms with E-state index < -0.39 is 6.29 Å². The van der Waals surface area contributed by atoms with Crippen molar-refractivity contribution in [2.45, 2.75) is 18.5 Å². The third-order valence-electron chi connectivity index (χ3n) is 3.37. The summed E-state index contributed by atoms with van der Waals surface area (Å²) in [5.41, 5.74) is 2.03. The minimum Gasteiger partial charge on any atom is -0.394 e. The molecule has 20 heavy (non-hydrogen) atoms. The van der Waals surface area contributed by atoms with E-state index in [4.69, 9.17) is 9.47 Å². The van der Waals surface area contributed by atoms with Crippen molar-refractivity contribution in [2.24, 2.45) is 0 Å². The van der Waals surface area contributed by atoms with E-state index >= 15 is 0 Å². The number of rotatable bonds is 3. The Hall–Kier alpha value is -0.950. The lowest BCUT2D eigenvalue weighted by Gasteiger charge is -2.16. The predicted molar refractivity (Wildman–Crippen MR) is 84.1 cm³/mol. The van der Waals surface area contributed by atoms with Crippen molar-refractivity contribution >= 4 is 22.6 Å². The molecule has 2 unspecified atom stereocenters. The summed E-state index contributed by atoms with van der Waals surface area (Å²) in [5, 5.41) is 9.55. The second-order valence-corrected chi connectivity index (χ2v) is 5.84. The van der Waals surface area contributed by atoms with Crippen LogP contribution < -0.4 is 0 Å². The Kier molecular flexibility index (Phi) is 4.35. The zero-order valence-electron chi connectivity index (χ0n) is 10.8. The number of hydrogen-bond acceptors (Lipinski definition) is 3. The fourth-order valence-electron chi connectivity index (χ4n) is 2.37. The van der Waals surface area contributed by atoms with Gasteiger partial charge in [-0.25, -0.2) is 0 Å². The van der Waals surface area contributed by atoms with Crippen molar-refractivity contribution in [3.05, 3.63) is 69.3 Å². The van der Waals surface area contributed by atoms with E-state index in [1.807, 2.05) is 54.6 Å². The molecule has 1 saturated heterocycles.